The number of benzene rings is 1. The summed E-state index contributed by atoms with van der Waals surface area (Å²) in [5, 5.41) is 0. The second kappa shape index (κ2) is 5.10. The first-order valence-electron chi connectivity index (χ1n) is 6.52. The van der Waals surface area contributed by atoms with Gasteiger partial charge in [0.2, 0.25) is 0 Å². The van der Waals surface area contributed by atoms with Crippen LogP contribution in [0.15, 0.2) is 12.1 Å². The average Bonchev–Trinajstić information content (AvgIpc) is 2.92. The van der Waals surface area contributed by atoms with Crippen molar-refractivity contribution in [2.75, 3.05) is 6.61 Å². The number of alkyl halides is 1. The largest absolute Gasteiger partial charge is 0.376 e. The number of halogens is 3. The molecule has 1 aliphatic rings. The summed E-state index contributed by atoms with van der Waals surface area (Å²) in [7, 11) is 0. The smallest absolute Gasteiger partial charge is 0.138 e. The summed E-state index contributed by atoms with van der Waals surface area (Å²) in [6.45, 7) is 4.86. The number of fused-ring (bicyclic) bond motifs is 1. The van der Waals surface area contributed by atoms with Gasteiger partial charge in [0.1, 0.15) is 11.6 Å². The molecule has 1 aromatic carbocycles. The van der Waals surface area contributed by atoms with Gasteiger partial charge in [0.25, 0.3) is 0 Å². The van der Waals surface area contributed by atoms with E-state index in [1.54, 1.807) is 12.1 Å². The Morgan fingerprint density at radius 3 is 2.95 bits per heavy atom. The van der Waals surface area contributed by atoms with Crippen LogP contribution in [0.3, 0.4) is 0 Å². The number of hydrogen-bond donors (Lipinski definition) is 0. The van der Waals surface area contributed by atoms with E-state index in [1.165, 1.54) is 0 Å². The van der Waals surface area contributed by atoms with E-state index < -0.39 is 0 Å². The molecular weight excluding hydrogens is 394 g/mol. The average molecular weight is 409 g/mol. The van der Waals surface area contributed by atoms with Crippen molar-refractivity contribution in [3.8, 4) is 0 Å². The van der Waals surface area contributed by atoms with E-state index in [9.17, 15) is 4.39 Å². The molecule has 2 atom stereocenters. The number of hydrogen-bond acceptors (Lipinski definition) is 2. The van der Waals surface area contributed by atoms with E-state index in [0.29, 0.717) is 16.1 Å². The van der Waals surface area contributed by atoms with Gasteiger partial charge in [0, 0.05) is 12.7 Å². The minimum absolute atomic E-state index is 0.0456. The van der Waals surface area contributed by atoms with Crippen LogP contribution in [0.2, 0.25) is 0 Å². The third-order valence-electron chi connectivity index (χ3n) is 4.25. The van der Waals surface area contributed by atoms with E-state index in [2.05, 4.69) is 16.5 Å². The Morgan fingerprint density at radius 2 is 2.35 bits per heavy atom. The molecule has 108 valence electrons. The maximum Gasteiger partial charge on any atom is 0.138 e. The number of imidazole rings is 1. The molecule has 2 heterocycles. The highest BCUT2D eigenvalue weighted by Gasteiger charge is 2.41. The SMILES string of the molecule is CC1OCCC1(C)n1c(CCl)nc2cc(I)c(F)cc21. The molecular formula is C14H15ClFIN2O. The third-order valence-corrected chi connectivity index (χ3v) is 5.31. The summed E-state index contributed by atoms with van der Waals surface area (Å²) < 4.78 is 22.3. The molecule has 20 heavy (non-hydrogen) atoms. The number of aromatic nitrogens is 2. The Balaban J connectivity index is 2.30. The fourth-order valence-electron chi connectivity index (χ4n) is 2.90. The lowest BCUT2D eigenvalue weighted by atomic mass is 9.93. The van der Waals surface area contributed by atoms with Crippen LogP contribution >= 0.6 is 34.2 Å². The van der Waals surface area contributed by atoms with Crippen molar-refractivity contribution < 1.29 is 9.13 Å². The van der Waals surface area contributed by atoms with Crippen molar-refractivity contribution >= 4 is 45.2 Å². The monoisotopic (exact) mass is 408 g/mol. The molecule has 1 aliphatic heterocycles. The highest BCUT2D eigenvalue weighted by atomic mass is 127. The maximum atomic E-state index is 13.9. The molecule has 0 aliphatic carbocycles. The Bertz CT molecular complexity index is 675. The Labute approximate surface area is 135 Å². The van der Waals surface area contributed by atoms with Crippen molar-refractivity contribution in [1.29, 1.82) is 0 Å². The second-order valence-corrected chi connectivity index (χ2v) is 6.80. The molecule has 2 unspecified atom stereocenters. The van der Waals surface area contributed by atoms with Gasteiger partial charge in [-0.05, 0) is 48.9 Å². The fraction of sp³-hybridized carbons (Fsp3) is 0.500. The standard InChI is InChI=1S/C14H15ClFIN2O/c1-8-14(2,3-4-20-8)19-12-5-9(16)10(17)6-11(12)18-13(19)7-15/h5-6,8H,3-4,7H2,1-2H3. The number of rotatable bonds is 2. The van der Waals surface area contributed by atoms with Gasteiger partial charge >= 0.3 is 0 Å². The van der Waals surface area contributed by atoms with Gasteiger partial charge in [-0.1, -0.05) is 0 Å². The highest BCUT2D eigenvalue weighted by molar-refractivity contribution is 14.1. The van der Waals surface area contributed by atoms with Crippen molar-refractivity contribution in [2.45, 2.75) is 37.8 Å². The second-order valence-electron chi connectivity index (χ2n) is 5.37. The van der Waals surface area contributed by atoms with Crippen molar-refractivity contribution in [2.24, 2.45) is 0 Å². The summed E-state index contributed by atoms with van der Waals surface area (Å²) in [5.74, 6) is 0.841. The first-order chi connectivity index (χ1) is 9.47. The third kappa shape index (κ3) is 2.05. The lowest BCUT2D eigenvalue weighted by Gasteiger charge is -2.31. The van der Waals surface area contributed by atoms with Gasteiger partial charge in [-0.2, -0.15) is 0 Å². The van der Waals surface area contributed by atoms with Crippen LogP contribution in [-0.2, 0) is 16.2 Å². The zero-order chi connectivity index (χ0) is 14.5. The van der Waals surface area contributed by atoms with Gasteiger partial charge in [-0.25, -0.2) is 9.37 Å². The zero-order valence-corrected chi connectivity index (χ0v) is 14.2. The summed E-state index contributed by atoms with van der Waals surface area (Å²) in [6, 6.07) is 3.32. The van der Waals surface area contributed by atoms with Crippen LogP contribution in [-0.4, -0.2) is 22.3 Å². The van der Waals surface area contributed by atoms with Gasteiger partial charge in [-0.3, -0.25) is 0 Å². The summed E-state index contributed by atoms with van der Waals surface area (Å²) in [5.41, 5.74) is 1.34. The lowest BCUT2D eigenvalue weighted by Crippen LogP contribution is -2.37. The predicted molar refractivity (Wildman–Crippen MR) is 85.6 cm³/mol. The number of nitrogens with zero attached hydrogens (tertiary/aromatic N) is 2. The normalized spacial score (nSPS) is 26.6. The molecule has 3 nitrogen and oxygen atoms in total. The molecule has 0 N–H and O–H groups in total. The lowest BCUT2D eigenvalue weighted by molar-refractivity contribution is 0.0766. The topological polar surface area (TPSA) is 27.1 Å². The molecule has 6 heteroatoms. The van der Waals surface area contributed by atoms with Gasteiger partial charge in [-0.15, -0.1) is 11.6 Å². The van der Waals surface area contributed by atoms with Crippen molar-refractivity contribution in [3.63, 3.8) is 0 Å². The van der Waals surface area contributed by atoms with E-state index in [1.807, 2.05) is 29.5 Å². The van der Waals surface area contributed by atoms with Crippen LogP contribution in [0, 0.1) is 9.39 Å². The van der Waals surface area contributed by atoms with Gasteiger partial charge < -0.3 is 9.30 Å². The number of ether oxygens (including phenoxy) is 1. The molecule has 1 saturated heterocycles. The zero-order valence-electron chi connectivity index (χ0n) is 11.3. The maximum absolute atomic E-state index is 13.9. The van der Waals surface area contributed by atoms with Crippen LogP contribution in [0.4, 0.5) is 4.39 Å². The summed E-state index contributed by atoms with van der Waals surface area (Å²) in [6.07, 6.45) is 0.918. The molecule has 0 spiro atoms. The van der Waals surface area contributed by atoms with Gasteiger partial charge in [0.05, 0.1) is 32.1 Å². The first kappa shape index (κ1) is 14.5. The minimum atomic E-state index is -0.238. The van der Waals surface area contributed by atoms with E-state index in [-0.39, 0.29) is 17.5 Å². The molecule has 0 bridgehead atoms. The van der Waals surface area contributed by atoms with E-state index in [4.69, 9.17) is 16.3 Å². The molecule has 0 saturated carbocycles. The van der Waals surface area contributed by atoms with E-state index >= 15 is 0 Å². The molecule has 3 rings (SSSR count). The van der Waals surface area contributed by atoms with Crippen molar-refractivity contribution in [1.82, 2.24) is 9.55 Å². The fourth-order valence-corrected chi connectivity index (χ4v) is 3.53. The first-order valence-corrected chi connectivity index (χ1v) is 8.13. The van der Waals surface area contributed by atoms with E-state index in [0.717, 1.165) is 23.3 Å². The minimum Gasteiger partial charge on any atom is -0.376 e. The summed E-state index contributed by atoms with van der Waals surface area (Å²) >= 11 is 8.03. The molecule has 1 fully saturated rings. The molecule has 0 radical (unpaired) electrons. The Morgan fingerprint density at radius 1 is 1.60 bits per heavy atom. The molecule has 0 amide bonds. The summed E-state index contributed by atoms with van der Waals surface area (Å²) in [4.78, 5) is 4.56. The Hall–Kier alpha value is -0.400. The van der Waals surface area contributed by atoms with Crippen LogP contribution in [0.25, 0.3) is 11.0 Å². The molecule has 1 aromatic heterocycles. The van der Waals surface area contributed by atoms with Crippen molar-refractivity contribution in [3.05, 3.63) is 27.3 Å². The molecule has 2 aromatic rings. The van der Waals surface area contributed by atoms with Crippen LogP contribution in [0.5, 0.6) is 0 Å². The Kier molecular flexibility index (Phi) is 3.71. The predicted octanol–water partition coefficient (Wildman–Crippen LogP) is 4.04. The quantitative estimate of drug-likeness (QED) is 0.554. The van der Waals surface area contributed by atoms with Gasteiger partial charge in [0.15, 0.2) is 0 Å². The highest BCUT2D eigenvalue weighted by Crippen LogP contribution is 2.38. The van der Waals surface area contributed by atoms with Crippen LogP contribution in [0.1, 0.15) is 26.1 Å². The van der Waals surface area contributed by atoms with Crippen LogP contribution < -0.4 is 0 Å².